The number of likely N-dealkylation sites (tertiary alicyclic amines) is 1. The fourth-order valence-corrected chi connectivity index (χ4v) is 2.09. The minimum Gasteiger partial charge on any atom is -0.395 e. The van der Waals surface area contributed by atoms with E-state index in [1.54, 1.807) is 0 Å². The van der Waals surface area contributed by atoms with Crippen LogP contribution < -0.4 is 0 Å². The standard InChI is InChI=1S/C11H24N2O/c1-2-12(10-11-14)8-5-9-13-6-3-4-7-13/h14H,2-11H2,1H3. The van der Waals surface area contributed by atoms with Gasteiger partial charge in [-0.1, -0.05) is 6.92 Å². The van der Waals surface area contributed by atoms with Crippen molar-refractivity contribution in [2.24, 2.45) is 0 Å². The van der Waals surface area contributed by atoms with Crippen molar-refractivity contribution in [1.82, 2.24) is 9.80 Å². The Labute approximate surface area is 87.7 Å². The topological polar surface area (TPSA) is 26.7 Å². The average molecular weight is 200 g/mol. The van der Waals surface area contributed by atoms with E-state index in [0.717, 1.165) is 19.6 Å². The van der Waals surface area contributed by atoms with Gasteiger partial charge in [0.25, 0.3) is 0 Å². The molecule has 1 N–H and O–H groups in total. The van der Waals surface area contributed by atoms with Gasteiger partial charge in [0, 0.05) is 6.54 Å². The Balaban J connectivity index is 2.00. The number of aliphatic hydroxyl groups is 1. The van der Waals surface area contributed by atoms with Gasteiger partial charge in [-0.15, -0.1) is 0 Å². The van der Waals surface area contributed by atoms with Crippen LogP contribution in [0.5, 0.6) is 0 Å². The van der Waals surface area contributed by atoms with Crippen molar-refractivity contribution >= 4 is 0 Å². The molecule has 1 saturated heterocycles. The van der Waals surface area contributed by atoms with Crippen LogP contribution in [0.3, 0.4) is 0 Å². The van der Waals surface area contributed by atoms with Gasteiger partial charge in [-0.3, -0.25) is 0 Å². The molecule has 1 fully saturated rings. The molecule has 0 atom stereocenters. The van der Waals surface area contributed by atoms with Crippen LogP contribution in [-0.2, 0) is 0 Å². The lowest BCUT2D eigenvalue weighted by atomic mass is 10.3. The SMILES string of the molecule is CCN(CCO)CCCN1CCCC1. The third-order valence-corrected chi connectivity index (χ3v) is 3.01. The molecule has 0 saturated carbocycles. The molecule has 0 unspecified atom stereocenters. The summed E-state index contributed by atoms with van der Waals surface area (Å²) in [6.45, 7) is 9.30. The molecule has 84 valence electrons. The van der Waals surface area contributed by atoms with Crippen molar-refractivity contribution in [2.75, 3.05) is 45.9 Å². The predicted molar refractivity (Wildman–Crippen MR) is 59.5 cm³/mol. The zero-order valence-corrected chi connectivity index (χ0v) is 9.41. The summed E-state index contributed by atoms with van der Waals surface area (Å²) in [7, 11) is 0. The average Bonchev–Trinajstić information content (AvgIpc) is 2.69. The van der Waals surface area contributed by atoms with Crippen LogP contribution >= 0.6 is 0 Å². The van der Waals surface area contributed by atoms with E-state index < -0.39 is 0 Å². The van der Waals surface area contributed by atoms with E-state index >= 15 is 0 Å². The van der Waals surface area contributed by atoms with Crippen LogP contribution in [-0.4, -0.2) is 60.8 Å². The van der Waals surface area contributed by atoms with Crippen molar-refractivity contribution in [2.45, 2.75) is 26.2 Å². The molecule has 1 heterocycles. The molecule has 14 heavy (non-hydrogen) atoms. The Morgan fingerprint density at radius 1 is 1.21 bits per heavy atom. The molecule has 0 amide bonds. The van der Waals surface area contributed by atoms with Gasteiger partial charge < -0.3 is 14.9 Å². The fourth-order valence-electron chi connectivity index (χ4n) is 2.09. The van der Waals surface area contributed by atoms with Crippen molar-refractivity contribution in [3.8, 4) is 0 Å². The first kappa shape index (κ1) is 12.0. The Morgan fingerprint density at radius 2 is 1.93 bits per heavy atom. The third kappa shape index (κ3) is 4.40. The number of nitrogens with zero attached hydrogens (tertiary/aromatic N) is 2. The van der Waals surface area contributed by atoms with E-state index in [-0.39, 0.29) is 6.61 Å². The van der Waals surface area contributed by atoms with Crippen molar-refractivity contribution in [3.05, 3.63) is 0 Å². The molecule has 0 bridgehead atoms. The zero-order valence-electron chi connectivity index (χ0n) is 9.41. The third-order valence-electron chi connectivity index (χ3n) is 3.01. The number of rotatable bonds is 7. The quantitative estimate of drug-likeness (QED) is 0.658. The van der Waals surface area contributed by atoms with E-state index in [9.17, 15) is 0 Å². The molecule has 1 aliphatic heterocycles. The highest BCUT2D eigenvalue weighted by atomic mass is 16.3. The Morgan fingerprint density at radius 3 is 2.50 bits per heavy atom. The van der Waals surface area contributed by atoms with Gasteiger partial charge >= 0.3 is 0 Å². The lowest BCUT2D eigenvalue weighted by molar-refractivity contribution is 0.193. The highest BCUT2D eigenvalue weighted by Gasteiger charge is 2.10. The number of likely N-dealkylation sites (N-methyl/N-ethyl adjacent to an activating group) is 1. The van der Waals surface area contributed by atoms with E-state index in [2.05, 4.69) is 16.7 Å². The Bertz CT molecular complexity index is 135. The minimum absolute atomic E-state index is 0.289. The largest absolute Gasteiger partial charge is 0.395 e. The molecule has 1 aliphatic rings. The summed E-state index contributed by atoms with van der Waals surface area (Å²) < 4.78 is 0. The monoisotopic (exact) mass is 200 g/mol. The van der Waals surface area contributed by atoms with Crippen molar-refractivity contribution < 1.29 is 5.11 Å². The van der Waals surface area contributed by atoms with Crippen molar-refractivity contribution in [1.29, 1.82) is 0 Å². The molecule has 3 heteroatoms. The lowest BCUT2D eigenvalue weighted by Gasteiger charge is -2.21. The van der Waals surface area contributed by atoms with Crippen LogP contribution in [0.1, 0.15) is 26.2 Å². The first-order chi connectivity index (χ1) is 6.86. The maximum atomic E-state index is 8.83. The summed E-state index contributed by atoms with van der Waals surface area (Å²) >= 11 is 0. The maximum absolute atomic E-state index is 8.83. The molecule has 0 aromatic rings. The zero-order chi connectivity index (χ0) is 10.2. The van der Waals surface area contributed by atoms with E-state index in [1.807, 2.05) is 0 Å². The predicted octanol–water partition coefficient (Wildman–Crippen LogP) is 0.786. The molecule has 0 aromatic carbocycles. The first-order valence-electron chi connectivity index (χ1n) is 5.92. The lowest BCUT2D eigenvalue weighted by Crippen LogP contribution is -2.30. The molecule has 1 rings (SSSR count). The summed E-state index contributed by atoms with van der Waals surface area (Å²) in [5.74, 6) is 0. The maximum Gasteiger partial charge on any atom is 0.0558 e. The van der Waals surface area contributed by atoms with Crippen LogP contribution in [0.2, 0.25) is 0 Å². The van der Waals surface area contributed by atoms with Gasteiger partial charge in [0.05, 0.1) is 6.61 Å². The van der Waals surface area contributed by atoms with Gasteiger partial charge in [-0.05, 0) is 52.0 Å². The Hall–Kier alpha value is -0.120. The first-order valence-corrected chi connectivity index (χ1v) is 5.92. The second-order valence-corrected chi connectivity index (χ2v) is 4.06. The molecule has 0 radical (unpaired) electrons. The molecular weight excluding hydrogens is 176 g/mol. The highest BCUT2D eigenvalue weighted by Crippen LogP contribution is 2.07. The second kappa shape index (κ2) is 7.21. The van der Waals surface area contributed by atoms with Gasteiger partial charge in [-0.2, -0.15) is 0 Å². The normalized spacial score (nSPS) is 18.2. The van der Waals surface area contributed by atoms with Crippen LogP contribution in [0.25, 0.3) is 0 Å². The molecule has 3 nitrogen and oxygen atoms in total. The summed E-state index contributed by atoms with van der Waals surface area (Å²) in [6.07, 6.45) is 4.01. The van der Waals surface area contributed by atoms with Crippen LogP contribution in [0, 0.1) is 0 Å². The minimum atomic E-state index is 0.289. The van der Waals surface area contributed by atoms with Gasteiger partial charge in [0.15, 0.2) is 0 Å². The van der Waals surface area contributed by atoms with Crippen LogP contribution in [0.15, 0.2) is 0 Å². The molecule has 0 spiro atoms. The van der Waals surface area contributed by atoms with Crippen molar-refractivity contribution in [3.63, 3.8) is 0 Å². The smallest absolute Gasteiger partial charge is 0.0558 e. The number of aliphatic hydroxyl groups excluding tert-OH is 1. The van der Waals surface area contributed by atoms with E-state index in [1.165, 1.54) is 38.9 Å². The Kier molecular flexibility index (Phi) is 6.15. The van der Waals surface area contributed by atoms with Crippen LogP contribution in [0.4, 0.5) is 0 Å². The van der Waals surface area contributed by atoms with E-state index in [4.69, 9.17) is 5.11 Å². The summed E-state index contributed by atoms with van der Waals surface area (Å²) in [4.78, 5) is 4.86. The van der Waals surface area contributed by atoms with E-state index in [0.29, 0.717) is 0 Å². The fraction of sp³-hybridized carbons (Fsp3) is 1.00. The second-order valence-electron chi connectivity index (χ2n) is 4.06. The molecular formula is C11H24N2O. The summed E-state index contributed by atoms with van der Waals surface area (Å²) in [5.41, 5.74) is 0. The molecule has 0 aliphatic carbocycles. The summed E-state index contributed by atoms with van der Waals surface area (Å²) in [6, 6.07) is 0. The van der Waals surface area contributed by atoms with Gasteiger partial charge in [0.2, 0.25) is 0 Å². The molecule has 0 aromatic heterocycles. The summed E-state index contributed by atoms with van der Waals surface area (Å²) in [5, 5.41) is 8.83. The number of hydrogen-bond donors (Lipinski definition) is 1. The van der Waals surface area contributed by atoms with Gasteiger partial charge in [0.1, 0.15) is 0 Å². The number of hydrogen-bond acceptors (Lipinski definition) is 3. The highest BCUT2D eigenvalue weighted by molar-refractivity contribution is 4.66. The van der Waals surface area contributed by atoms with Gasteiger partial charge in [-0.25, -0.2) is 0 Å².